The van der Waals surface area contributed by atoms with E-state index in [2.05, 4.69) is 17.1 Å². The van der Waals surface area contributed by atoms with Crippen LogP contribution in [0.15, 0.2) is 0 Å². The zero-order chi connectivity index (χ0) is 10.1. The fourth-order valence-corrected chi connectivity index (χ4v) is 1.79. The van der Waals surface area contributed by atoms with Gasteiger partial charge in [-0.1, -0.05) is 13.3 Å². The number of piperidine rings is 1. The summed E-state index contributed by atoms with van der Waals surface area (Å²) in [5, 5.41) is 3.16. The van der Waals surface area contributed by atoms with E-state index in [4.69, 9.17) is 4.74 Å². The Kier molecular flexibility index (Phi) is 7.01. The Morgan fingerprint density at radius 1 is 1.07 bits per heavy atom. The highest BCUT2D eigenvalue weighted by atomic mass is 16.5. The minimum Gasteiger partial charge on any atom is -0.379 e. The van der Waals surface area contributed by atoms with Crippen molar-refractivity contribution in [3.63, 3.8) is 0 Å². The number of nitrogens with one attached hydrogen (secondary N) is 1. The molecule has 0 aromatic heterocycles. The number of nitrogens with zero attached hydrogens (tertiary/aromatic N) is 1. The summed E-state index contributed by atoms with van der Waals surface area (Å²) in [7, 11) is 0. The highest BCUT2D eigenvalue weighted by molar-refractivity contribution is 4.61. The fraction of sp³-hybridized carbons (Fsp3) is 1.00. The Bertz CT molecular complexity index is 109. The lowest BCUT2D eigenvalue weighted by atomic mass is 10.1. The summed E-state index contributed by atoms with van der Waals surface area (Å²) >= 11 is 0. The normalized spacial score (nSPS) is 23.8. The van der Waals surface area contributed by atoms with E-state index in [1.54, 1.807) is 0 Å². The maximum absolute atomic E-state index is 5.01. The summed E-state index contributed by atoms with van der Waals surface area (Å²) in [4.78, 5) is 2.52. The van der Waals surface area contributed by atoms with Gasteiger partial charge in [-0.3, -0.25) is 0 Å². The molecule has 0 bridgehead atoms. The third-order valence-electron chi connectivity index (χ3n) is 2.74. The lowest BCUT2D eigenvalue weighted by Crippen LogP contribution is -2.30. The second-order valence-corrected chi connectivity index (χ2v) is 3.86. The predicted molar refractivity (Wildman–Crippen MR) is 59.7 cm³/mol. The van der Waals surface area contributed by atoms with Crippen molar-refractivity contribution < 1.29 is 4.74 Å². The first-order chi connectivity index (χ1) is 6.93. The average Bonchev–Trinajstić information content (AvgIpc) is 2.33. The van der Waals surface area contributed by atoms with Gasteiger partial charge in [0.1, 0.15) is 0 Å². The first-order valence-electron chi connectivity index (χ1n) is 5.94. The van der Waals surface area contributed by atoms with Crippen molar-refractivity contribution in [3.8, 4) is 0 Å². The van der Waals surface area contributed by atoms with Crippen LogP contribution in [0, 0.1) is 0 Å². The maximum atomic E-state index is 5.01. The standard InChI is InChI=1S/C7H15N.C4H9NO/c1-2-8-6-4-3-5-7-8;1-3-6-4-2-5-1/h2-7H2,1H3;5H,1-4H2. The third kappa shape index (κ3) is 5.58. The third-order valence-corrected chi connectivity index (χ3v) is 2.74. The van der Waals surface area contributed by atoms with Crippen molar-refractivity contribution in [2.24, 2.45) is 0 Å². The smallest absolute Gasteiger partial charge is 0.0591 e. The van der Waals surface area contributed by atoms with Gasteiger partial charge in [-0.15, -0.1) is 0 Å². The van der Waals surface area contributed by atoms with Crippen LogP contribution < -0.4 is 5.32 Å². The van der Waals surface area contributed by atoms with Gasteiger partial charge < -0.3 is 15.0 Å². The first kappa shape index (κ1) is 12.0. The molecule has 2 fully saturated rings. The van der Waals surface area contributed by atoms with Crippen LogP contribution in [0.2, 0.25) is 0 Å². The van der Waals surface area contributed by atoms with Gasteiger partial charge in [0.25, 0.3) is 0 Å². The minimum absolute atomic E-state index is 0.889. The molecule has 0 amide bonds. The van der Waals surface area contributed by atoms with Gasteiger partial charge in [0.05, 0.1) is 13.2 Å². The number of hydrogen-bond donors (Lipinski definition) is 1. The number of morpholine rings is 1. The van der Waals surface area contributed by atoms with Crippen LogP contribution >= 0.6 is 0 Å². The van der Waals surface area contributed by atoms with Crippen LogP contribution in [0.3, 0.4) is 0 Å². The molecule has 1 N–H and O–H groups in total. The summed E-state index contributed by atoms with van der Waals surface area (Å²) in [5.74, 6) is 0. The quantitative estimate of drug-likeness (QED) is 0.686. The molecule has 2 aliphatic rings. The topological polar surface area (TPSA) is 24.5 Å². The Labute approximate surface area is 87.8 Å². The van der Waals surface area contributed by atoms with Crippen molar-refractivity contribution in [1.29, 1.82) is 0 Å². The van der Waals surface area contributed by atoms with Crippen LogP contribution in [-0.2, 0) is 4.74 Å². The molecule has 0 aromatic rings. The number of hydrogen-bond acceptors (Lipinski definition) is 3. The van der Waals surface area contributed by atoms with Gasteiger partial charge in [-0.05, 0) is 32.5 Å². The Morgan fingerprint density at radius 2 is 1.71 bits per heavy atom. The summed E-state index contributed by atoms with van der Waals surface area (Å²) in [6.07, 6.45) is 4.30. The summed E-state index contributed by atoms with van der Waals surface area (Å²) in [6, 6.07) is 0. The zero-order valence-corrected chi connectivity index (χ0v) is 9.43. The molecule has 2 rings (SSSR count). The van der Waals surface area contributed by atoms with Crippen LogP contribution in [0.1, 0.15) is 26.2 Å². The summed E-state index contributed by atoms with van der Waals surface area (Å²) in [6.45, 7) is 10.0. The highest BCUT2D eigenvalue weighted by Gasteiger charge is 2.05. The molecule has 0 saturated carbocycles. The Hall–Kier alpha value is -0.120. The minimum atomic E-state index is 0.889. The van der Waals surface area contributed by atoms with Gasteiger partial charge in [-0.2, -0.15) is 0 Å². The molecular weight excluding hydrogens is 176 g/mol. The monoisotopic (exact) mass is 200 g/mol. The van der Waals surface area contributed by atoms with Crippen molar-refractivity contribution in [2.75, 3.05) is 45.9 Å². The molecule has 84 valence electrons. The molecule has 0 atom stereocenters. The van der Waals surface area contributed by atoms with E-state index >= 15 is 0 Å². The van der Waals surface area contributed by atoms with E-state index in [9.17, 15) is 0 Å². The molecule has 2 saturated heterocycles. The lowest BCUT2D eigenvalue weighted by Gasteiger charge is -2.24. The molecule has 0 unspecified atom stereocenters. The number of likely N-dealkylation sites (tertiary alicyclic amines) is 1. The zero-order valence-electron chi connectivity index (χ0n) is 9.43. The summed E-state index contributed by atoms with van der Waals surface area (Å²) < 4.78 is 5.01. The van der Waals surface area contributed by atoms with Crippen LogP contribution in [0.5, 0.6) is 0 Å². The van der Waals surface area contributed by atoms with E-state index in [0.29, 0.717) is 0 Å². The van der Waals surface area contributed by atoms with Crippen LogP contribution in [-0.4, -0.2) is 50.8 Å². The Morgan fingerprint density at radius 3 is 2.00 bits per heavy atom. The SMILES string of the molecule is C1COCCN1.CCN1CCCCC1. The van der Waals surface area contributed by atoms with E-state index in [0.717, 1.165) is 26.3 Å². The molecule has 0 spiro atoms. The second kappa shape index (κ2) is 8.21. The number of rotatable bonds is 1. The van der Waals surface area contributed by atoms with E-state index in [-0.39, 0.29) is 0 Å². The van der Waals surface area contributed by atoms with Crippen molar-refractivity contribution in [2.45, 2.75) is 26.2 Å². The van der Waals surface area contributed by atoms with Crippen LogP contribution in [0.4, 0.5) is 0 Å². The van der Waals surface area contributed by atoms with Gasteiger partial charge in [0, 0.05) is 13.1 Å². The molecule has 14 heavy (non-hydrogen) atoms. The average molecular weight is 200 g/mol. The van der Waals surface area contributed by atoms with Crippen molar-refractivity contribution in [1.82, 2.24) is 10.2 Å². The molecule has 0 aliphatic carbocycles. The van der Waals surface area contributed by atoms with Crippen molar-refractivity contribution in [3.05, 3.63) is 0 Å². The van der Waals surface area contributed by atoms with Gasteiger partial charge >= 0.3 is 0 Å². The Balaban J connectivity index is 0.000000146. The molecule has 0 aromatic carbocycles. The van der Waals surface area contributed by atoms with E-state index in [1.807, 2.05) is 0 Å². The number of ether oxygens (including phenoxy) is 1. The van der Waals surface area contributed by atoms with E-state index < -0.39 is 0 Å². The predicted octanol–water partition coefficient (Wildman–Crippen LogP) is 1.10. The molecular formula is C11H24N2O. The fourth-order valence-electron chi connectivity index (χ4n) is 1.79. The molecule has 2 heterocycles. The highest BCUT2D eigenvalue weighted by Crippen LogP contribution is 2.06. The van der Waals surface area contributed by atoms with Crippen LogP contribution in [0.25, 0.3) is 0 Å². The van der Waals surface area contributed by atoms with Gasteiger partial charge in [0.15, 0.2) is 0 Å². The second-order valence-electron chi connectivity index (χ2n) is 3.86. The molecule has 2 aliphatic heterocycles. The molecule has 0 radical (unpaired) electrons. The van der Waals surface area contributed by atoms with Gasteiger partial charge in [-0.25, -0.2) is 0 Å². The van der Waals surface area contributed by atoms with Gasteiger partial charge in [0.2, 0.25) is 0 Å². The lowest BCUT2D eigenvalue weighted by molar-refractivity contribution is 0.109. The summed E-state index contributed by atoms with van der Waals surface area (Å²) in [5.41, 5.74) is 0. The van der Waals surface area contributed by atoms with Crippen molar-refractivity contribution >= 4 is 0 Å². The largest absolute Gasteiger partial charge is 0.379 e. The van der Waals surface area contributed by atoms with E-state index in [1.165, 1.54) is 38.9 Å². The molecule has 3 nitrogen and oxygen atoms in total. The maximum Gasteiger partial charge on any atom is 0.0591 e. The first-order valence-corrected chi connectivity index (χ1v) is 5.94. The molecule has 3 heteroatoms.